The molecule has 5 heteroatoms. The van der Waals surface area contributed by atoms with E-state index in [-0.39, 0.29) is 11.8 Å². The maximum atomic E-state index is 12.7. The molecule has 0 atom stereocenters. The fraction of sp³-hybridized carbons (Fsp3) is 0.684. The SMILES string of the molecule is CCCCC(=O)N1CCCN(C(=O)Cc2cc(C)n(C)c2C)CC1. The number of unbranched alkanes of at least 4 members (excludes halogenated alkanes) is 1. The van der Waals surface area contributed by atoms with Crippen molar-refractivity contribution in [3.8, 4) is 0 Å². The molecular formula is C19H31N3O2. The number of aromatic nitrogens is 1. The molecule has 0 aromatic carbocycles. The molecule has 0 aliphatic carbocycles. The van der Waals surface area contributed by atoms with Gasteiger partial charge in [-0.25, -0.2) is 0 Å². The molecular weight excluding hydrogens is 302 g/mol. The Bertz CT molecular complexity index is 592. The van der Waals surface area contributed by atoms with Crippen molar-refractivity contribution in [1.29, 1.82) is 0 Å². The van der Waals surface area contributed by atoms with Gasteiger partial charge in [0, 0.05) is 51.0 Å². The predicted molar refractivity (Wildman–Crippen MR) is 95.9 cm³/mol. The number of carbonyl (C=O) groups excluding carboxylic acids is 2. The number of hydrogen-bond donors (Lipinski definition) is 0. The molecule has 0 radical (unpaired) electrons. The first-order valence-electron chi connectivity index (χ1n) is 9.11. The van der Waals surface area contributed by atoms with Crippen molar-refractivity contribution < 1.29 is 9.59 Å². The number of rotatable bonds is 5. The third-order valence-corrected chi connectivity index (χ3v) is 5.17. The van der Waals surface area contributed by atoms with Crippen molar-refractivity contribution in [1.82, 2.24) is 14.4 Å². The monoisotopic (exact) mass is 333 g/mol. The summed E-state index contributed by atoms with van der Waals surface area (Å²) >= 11 is 0. The maximum absolute atomic E-state index is 12.7. The first-order valence-corrected chi connectivity index (χ1v) is 9.11. The van der Waals surface area contributed by atoms with E-state index >= 15 is 0 Å². The van der Waals surface area contributed by atoms with Crippen LogP contribution in [0.2, 0.25) is 0 Å². The number of amides is 2. The standard InChI is InChI=1S/C19H31N3O2/c1-5-6-8-18(23)21-9-7-10-22(12-11-21)19(24)14-17-13-15(2)20(4)16(17)3/h13H,5-12,14H2,1-4H3. The van der Waals surface area contributed by atoms with E-state index in [0.29, 0.717) is 25.9 Å². The molecule has 24 heavy (non-hydrogen) atoms. The van der Waals surface area contributed by atoms with E-state index in [1.165, 1.54) is 5.69 Å². The predicted octanol–water partition coefficient (Wildman–Crippen LogP) is 2.44. The average Bonchev–Trinajstić information content (AvgIpc) is 2.78. The average molecular weight is 333 g/mol. The van der Waals surface area contributed by atoms with Crippen LogP contribution in [0.4, 0.5) is 0 Å². The highest BCUT2D eigenvalue weighted by molar-refractivity contribution is 5.79. The summed E-state index contributed by atoms with van der Waals surface area (Å²) in [5.74, 6) is 0.409. The van der Waals surface area contributed by atoms with Crippen LogP contribution < -0.4 is 0 Å². The Balaban J connectivity index is 1.92. The Morgan fingerprint density at radius 3 is 2.21 bits per heavy atom. The highest BCUT2D eigenvalue weighted by atomic mass is 16.2. The quantitative estimate of drug-likeness (QED) is 0.831. The fourth-order valence-corrected chi connectivity index (χ4v) is 3.29. The van der Waals surface area contributed by atoms with E-state index in [9.17, 15) is 9.59 Å². The van der Waals surface area contributed by atoms with Gasteiger partial charge in [-0.1, -0.05) is 13.3 Å². The van der Waals surface area contributed by atoms with E-state index in [1.54, 1.807) is 0 Å². The summed E-state index contributed by atoms with van der Waals surface area (Å²) in [7, 11) is 2.03. The van der Waals surface area contributed by atoms with Crippen LogP contribution in [0.3, 0.4) is 0 Å². The Morgan fingerprint density at radius 1 is 1.04 bits per heavy atom. The fourth-order valence-electron chi connectivity index (χ4n) is 3.29. The minimum absolute atomic E-state index is 0.173. The molecule has 2 amide bonds. The van der Waals surface area contributed by atoms with Gasteiger partial charge in [-0.2, -0.15) is 0 Å². The Hall–Kier alpha value is -1.78. The smallest absolute Gasteiger partial charge is 0.227 e. The third kappa shape index (κ3) is 4.40. The van der Waals surface area contributed by atoms with Gasteiger partial charge in [-0.3, -0.25) is 9.59 Å². The molecule has 0 spiro atoms. The summed E-state index contributed by atoms with van der Waals surface area (Å²) in [4.78, 5) is 28.7. The number of carbonyl (C=O) groups is 2. The molecule has 1 aliphatic rings. The molecule has 1 saturated heterocycles. The molecule has 0 unspecified atom stereocenters. The van der Waals surface area contributed by atoms with Crippen LogP contribution in [0.5, 0.6) is 0 Å². The van der Waals surface area contributed by atoms with Gasteiger partial charge in [0.05, 0.1) is 6.42 Å². The van der Waals surface area contributed by atoms with Crippen LogP contribution in [0, 0.1) is 13.8 Å². The molecule has 1 fully saturated rings. The summed E-state index contributed by atoms with van der Waals surface area (Å²) < 4.78 is 2.12. The molecule has 1 aliphatic heterocycles. The van der Waals surface area contributed by atoms with Crippen molar-refractivity contribution in [2.24, 2.45) is 7.05 Å². The van der Waals surface area contributed by atoms with Crippen LogP contribution >= 0.6 is 0 Å². The molecule has 1 aromatic heterocycles. The van der Waals surface area contributed by atoms with Gasteiger partial charge in [0.25, 0.3) is 0 Å². The lowest BCUT2D eigenvalue weighted by Gasteiger charge is -2.22. The van der Waals surface area contributed by atoms with Gasteiger partial charge in [-0.15, -0.1) is 0 Å². The molecule has 2 rings (SSSR count). The highest BCUT2D eigenvalue weighted by Gasteiger charge is 2.22. The molecule has 0 bridgehead atoms. The zero-order valence-electron chi connectivity index (χ0n) is 15.6. The van der Waals surface area contributed by atoms with Crippen LogP contribution in [-0.4, -0.2) is 52.4 Å². The molecule has 5 nitrogen and oxygen atoms in total. The van der Waals surface area contributed by atoms with Gasteiger partial charge < -0.3 is 14.4 Å². The zero-order valence-corrected chi connectivity index (χ0v) is 15.6. The van der Waals surface area contributed by atoms with E-state index in [0.717, 1.165) is 43.6 Å². The second kappa shape index (κ2) is 8.36. The summed E-state index contributed by atoms with van der Waals surface area (Å²) in [5.41, 5.74) is 3.45. The van der Waals surface area contributed by atoms with Crippen molar-refractivity contribution >= 4 is 11.8 Å². The van der Waals surface area contributed by atoms with Gasteiger partial charge in [0.1, 0.15) is 0 Å². The van der Waals surface area contributed by atoms with E-state index < -0.39 is 0 Å². The molecule has 2 heterocycles. The van der Waals surface area contributed by atoms with Crippen LogP contribution in [0.25, 0.3) is 0 Å². The molecule has 1 aromatic rings. The zero-order chi connectivity index (χ0) is 17.7. The van der Waals surface area contributed by atoms with Crippen LogP contribution in [0.1, 0.15) is 49.6 Å². The van der Waals surface area contributed by atoms with Crippen molar-refractivity contribution in [2.75, 3.05) is 26.2 Å². The van der Waals surface area contributed by atoms with Gasteiger partial charge >= 0.3 is 0 Å². The van der Waals surface area contributed by atoms with E-state index in [1.807, 2.05) is 16.8 Å². The normalized spacial score (nSPS) is 15.5. The summed E-state index contributed by atoms with van der Waals surface area (Å²) in [6.45, 7) is 9.07. The molecule has 134 valence electrons. The van der Waals surface area contributed by atoms with E-state index in [4.69, 9.17) is 0 Å². The second-order valence-corrected chi connectivity index (χ2v) is 6.85. The van der Waals surface area contributed by atoms with Gasteiger partial charge in [0.15, 0.2) is 0 Å². The Kier molecular flexibility index (Phi) is 6.46. The minimum Gasteiger partial charge on any atom is -0.352 e. The first-order chi connectivity index (χ1) is 11.4. The van der Waals surface area contributed by atoms with Crippen molar-refractivity contribution in [3.05, 3.63) is 23.0 Å². The summed E-state index contributed by atoms with van der Waals surface area (Å²) in [6, 6.07) is 2.10. The second-order valence-electron chi connectivity index (χ2n) is 6.85. The van der Waals surface area contributed by atoms with Gasteiger partial charge in [0.2, 0.25) is 11.8 Å². The third-order valence-electron chi connectivity index (χ3n) is 5.17. The van der Waals surface area contributed by atoms with Crippen molar-refractivity contribution in [3.63, 3.8) is 0 Å². The molecule has 0 saturated carbocycles. The number of nitrogens with zero attached hydrogens (tertiary/aromatic N) is 3. The lowest BCUT2D eigenvalue weighted by Crippen LogP contribution is -2.37. The van der Waals surface area contributed by atoms with Crippen LogP contribution in [0.15, 0.2) is 6.07 Å². The Morgan fingerprint density at radius 2 is 1.67 bits per heavy atom. The lowest BCUT2D eigenvalue weighted by atomic mass is 10.1. The Labute approximate surface area is 145 Å². The summed E-state index contributed by atoms with van der Waals surface area (Å²) in [5, 5.41) is 0. The lowest BCUT2D eigenvalue weighted by molar-refractivity contribution is -0.133. The first kappa shape index (κ1) is 18.6. The largest absolute Gasteiger partial charge is 0.352 e. The number of hydrogen-bond acceptors (Lipinski definition) is 2. The van der Waals surface area contributed by atoms with Gasteiger partial charge in [-0.05, 0) is 38.3 Å². The number of aryl methyl sites for hydroxylation is 1. The molecule has 0 N–H and O–H groups in total. The minimum atomic E-state index is 0.173. The van der Waals surface area contributed by atoms with E-state index in [2.05, 4.69) is 31.4 Å². The highest BCUT2D eigenvalue weighted by Crippen LogP contribution is 2.16. The summed E-state index contributed by atoms with van der Waals surface area (Å²) in [6.07, 6.45) is 3.95. The maximum Gasteiger partial charge on any atom is 0.227 e. The topological polar surface area (TPSA) is 45.6 Å². The van der Waals surface area contributed by atoms with Crippen LogP contribution in [-0.2, 0) is 23.1 Å². The van der Waals surface area contributed by atoms with Crippen molar-refractivity contribution in [2.45, 2.75) is 52.9 Å².